The molecule has 0 aliphatic heterocycles. The molecule has 0 spiro atoms. The third kappa shape index (κ3) is 3.59. The number of hydrogen-bond acceptors (Lipinski definition) is 3. The molecule has 0 radical (unpaired) electrons. The van der Waals surface area contributed by atoms with Gasteiger partial charge in [0, 0.05) is 5.56 Å². The number of rotatable bonds is 3. The van der Waals surface area contributed by atoms with Crippen LogP contribution >= 0.6 is 0 Å². The summed E-state index contributed by atoms with van der Waals surface area (Å²) in [6.45, 7) is 0.294. The van der Waals surface area contributed by atoms with Crippen molar-refractivity contribution in [1.29, 1.82) is 5.26 Å². The molecule has 0 unspecified atom stereocenters. The first-order valence-electron chi connectivity index (χ1n) is 4.55. The number of nitrogens with zero attached hydrogens (tertiary/aromatic N) is 2. The standard InChI is InChI=1S/C10H8F4N2O/c1-6-4-7(2-3-15)8(5-11)16-9(6)17-10(12,13)14/h4H,2,5H2,1H3. The van der Waals surface area contributed by atoms with Crippen LogP contribution in [0.15, 0.2) is 6.07 Å². The second-order valence-corrected chi connectivity index (χ2v) is 3.23. The number of aromatic nitrogens is 1. The lowest BCUT2D eigenvalue weighted by Crippen LogP contribution is -2.19. The number of hydrogen-bond donors (Lipinski definition) is 0. The maximum absolute atomic E-state index is 12.5. The van der Waals surface area contributed by atoms with Crippen molar-refractivity contribution in [3.05, 3.63) is 22.9 Å². The summed E-state index contributed by atoms with van der Waals surface area (Å²) in [4.78, 5) is 3.43. The van der Waals surface area contributed by atoms with Crippen molar-refractivity contribution in [2.24, 2.45) is 0 Å². The normalized spacial score (nSPS) is 11.1. The Morgan fingerprint density at radius 3 is 2.59 bits per heavy atom. The van der Waals surface area contributed by atoms with E-state index in [4.69, 9.17) is 5.26 Å². The second-order valence-electron chi connectivity index (χ2n) is 3.23. The summed E-state index contributed by atoms with van der Waals surface area (Å²) in [5.41, 5.74) is 0.156. The fraction of sp³-hybridized carbons (Fsp3) is 0.400. The van der Waals surface area contributed by atoms with Crippen LogP contribution < -0.4 is 4.74 Å². The van der Waals surface area contributed by atoms with Gasteiger partial charge >= 0.3 is 6.36 Å². The first kappa shape index (κ1) is 13.2. The summed E-state index contributed by atoms with van der Waals surface area (Å²) in [7, 11) is 0. The van der Waals surface area contributed by atoms with E-state index in [1.165, 1.54) is 13.0 Å². The zero-order chi connectivity index (χ0) is 13.1. The van der Waals surface area contributed by atoms with Gasteiger partial charge < -0.3 is 4.74 Å². The van der Waals surface area contributed by atoms with Crippen molar-refractivity contribution < 1.29 is 22.3 Å². The SMILES string of the molecule is Cc1cc(CC#N)c(CF)nc1OC(F)(F)F. The van der Waals surface area contributed by atoms with Crippen molar-refractivity contribution in [2.75, 3.05) is 0 Å². The molecule has 0 amide bonds. The first-order valence-corrected chi connectivity index (χ1v) is 4.55. The highest BCUT2D eigenvalue weighted by atomic mass is 19.4. The minimum Gasteiger partial charge on any atom is -0.388 e. The van der Waals surface area contributed by atoms with E-state index in [0.29, 0.717) is 0 Å². The zero-order valence-corrected chi connectivity index (χ0v) is 8.81. The molecular weight excluding hydrogens is 240 g/mol. The van der Waals surface area contributed by atoms with Crippen LogP contribution in [0.3, 0.4) is 0 Å². The van der Waals surface area contributed by atoms with E-state index in [-0.39, 0.29) is 23.2 Å². The van der Waals surface area contributed by atoms with Crippen LogP contribution in [0.4, 0.5) is 17.6 Å². The van der Waals surface area contributed by atoms with E-state index in [2.05, 4.69) is 9.72 Å². The highest BCUT2D eigenvalue weighted by Crippen LogP contribution is 2.26. The molecule has 92 valence electrons. The third-order valence-electron chi connectivity index (χ3n) is 1.94. The summed E-state index contributed by atoms with van der Waals surface area (Å²) in [6, 6.07) is 3.05. The predicted octanol–water partition coefficient (Wildman–Crippen LogP) is 2.82. The number of halogens is 4. The minimum absolute atomic E-state index is 0.102. The van der Waals surface area contributed by atoms with Crippen LogP contribution in [0.25, 0.3) is 0 Å². The lowest BCUT2D eigenvalue weighted by molar-refractivity contribution is -0.276. The maximum atomic E-state index is 12.5. The molecule has 0 atom stereocenters. The topological polar surface area (TPSA) is 45.9 Å². The zero-order valence-electron chi connectivity index (χ0n) is 8.81. The van der Waals surface area contributed by atoms with Crippen LogP contribution in [-0.4, -0.2) is 11.3 Å². The fourth-order valence-electron chi connectivity index (χ4n) is 1.26. The summed E-state index contributed by atoms with van der Waals surface area (Å²) < 4.78 is 52.2. The van der Waals surface area contributed by atoms with Gasteiger partial charge in [0.15, 0.2) is 0 Å². The molecule has 7 heteroatoms. The molecule has 0 saturated carbocycles. The van der Waals surface area contributed by atoms with E-state index in [0.717, 1.165) is 0 Å². The Kier molecular flexibility index (Phi) is 3.89. The van der Waals surface area contributed by atoms with E-state index < -0.39 is 18.9 Å². The number of pyridine rings is 1. The quantitative estimate of drug-likeness (QED) is 0.772. The van der Waals surface area contributed by atoms with Gasteiger partial charge in [-0.3, -0.25) is 0 Å². The molecule has 0 saturated heterocycles. The largest absolute Gasteiger partial charge is 0.574 e. The Bertz CT molecular complexity index is 451. The van der Waals surface area contributed by atoms with Gasteiger partial charge in [-0.1, -0.05) is 0 Å². The number of nitriles is 1. The van der Waals surface area contributed by atoms with Crippen LogP contribution in [0, 0.1) is 18.3 Å². The van der Waals surface area contributed by atoms with Gasteiger partial charge in [0.25, 0.3) is 0 Å². The molecule has 0 aromatic carbocycles. The molecule has 0 aliphatic rings. The van der Waals surface area contributed by atoms with Crippen molar-refractivity contribution in [3.8, 4) is 11.9 Å². The lowest BCUT2D eigenvalue weighted by atomic mass is 10.1. The van der Waals surface area contributed by atoms with Crippen LogP contribution in [0.2, 0.25) is 0 Å². The molecule has 1 rings (SSSR count). The number of ether oxygens (including phenoxy) is 1. The Morgan fingerprint density at radius 1 is 1.47 bits per heavy atom. The summed E-state index contributed by atoms with van der Waals surface area (Å²) in [6.07, 6.45) is -4.98. The Morgan fingerprint density at radius 2 is 2.12 bits per heavy atom. The van der Waals surface area contributed by atoms with Gasteiger partial charge in [-0.15, -0.1) is 13.2 Å². The molecular formula is C10H8F4N2O. The van der Waals surface area contributed by atoms with Gasteiger partial charge in [-0.05, 0) is 18.6 Å². The molecule has 0 fully saturated rings. The van der Waals surface area contributed by atoms with Gasteiger partial charge in [0.2, 0.25) is 5.88 Å². The van der Waals surface area contributed by atoms with E-state index in [9.17, 15) is 17.6 Å². The van der Waals surface area contributed by atoms with Crippen molar-refractivity contribution in [2.45, 2.75) is 26.4 Å². The smallest absolute Gasteiger partial charge is 0.388 e. The molecule has 1 aromatic rings. The Labute approximate surface area is 94.6 Å². The Balaban J connectivity index is 3.14. The second kappa shape index (κ2) is 4.99. The minimum atomic E-state index is -4.87. The summed E-state index contributed by atoms with van der Waals surface area (Å²) in [5.74, 6) is -0.688. The maximum Gasteiger partial charge on any atom is 0.574 e. The molecule has 1 aromatic heterocycles. The van der Waals surface area contributed by atoms with Crippen molar-refractivity contribution >= 4 is 0 Å². The van der Waals surface area contributed by atoms with Crippen LogP contribution in [0.1, 0.15) is 16.8 Å². The molecule has 3 nitrogen and oxygen atoms in total. The van der Waals surface area contributed by atoms with Crippen molar-refractivity contribution in [3.63, 3.8) is 0 Å². The van der Waals surface area contributed by atoms with Crippen LogP contribution in [0.5, 0.6) is 5.88 Å². The molecule has 0 aliphatic carbocycles. The monoisotopic (exact) mass is 248 g/mol. The third-order valence-corrected chi connectivity index (χ3v) is 1.94. The summed E-state index contributed by atoms with van der Waals surface area (Å²) in [5, 5.41) is 8.47. The van der Waals surface area contributed by atoms with E-state index in [1.807, 2.05) is 0 Å². The first-order chi connectivity index (χ1) is 7.87. The number of aryl methyl sites for hydroxylation is 1. The van der Waals surface area contributed by atoms with E-state index >= 15 is 0 Å². The highest BCUT2D eigenvalue weighted by Gasteiger charge is 2.32. The summed E-state index contributed by atoms with van der Waals surface area (Å²) >= 11 is 0. The number of alkyl halides is 4. The van der Waals surface area contributed by atoms with E-state index in [1.54, 1.807) is 6.07 Å². The van der Waals surface area contributed by atoms with Gasteiger partial charge in [-0.2, -0.15) is 5.26 Å². The van der Waals surface area contributed by atoms with Gasteiger partial charge in [0.1, 0.15) is 6.67 Å². The average Bonchev–Trinajstić information content (AvgIpc) is 2.20. The average molecular weight is 248 g/mol. The van der Waals surface area contributed by atoms with Crippen molar-refractivity contribution in [1.82, 2.24) is 4.98 Å². The van der Waals surface area contributed by atoms with Crippen LogP contribution in [-0.2, 0) is 13.1 Å². The van der Waals surface area contributed by atoms with Gasteiger partial charge in [0.05, 0.1) is 18.2 Å². The molecule has 1 heterocycles. The fourth-order valence-corrected chi connectivity index (χ4v) is 1.26. The lowest BCUT2D eigenvalue weighted by Gasteiger charge is -2.12. The molecule has 0 bridgehead atoms. The predicted molar refractivity (Wildman–Crippen MR) is 49.8 cm³/mol. The molecule has 0 N–H and O–H groups in total. The Hall–Kier alpha value is -1.84. The molecule has 17 heavy (non-hydrogen) atoms. The highest BCUT2D eigenvalue weighted by molar-refractivity contribution is 5.34. The van der Waals surface area contributed by atoms with Gasteiger partial charge in [-0.25, -0.2) is 9.37 Å².